The molecule has 0 radical (unpaired) electrons. The van der Waals surface area contributed by atoms with Crippen LogP contribution in [0.2, 0.25) is 0 Å². The quantitative estimate of drug-likeness (QED) is 0.378. The minimum Gasteiger partial charge on any atom is -0.412 e. The van der Waals surface area contributed by atoms with Gasteiger partial charge in [0.1, 0.15) is 0 Å². The van der Waals surface area contributed by atoms with Crippen LogP contribution in [0.1, 0.15) is 32.6 Å². The van der Waals surface area contributed by atoms with Crippen LogP contribution in [0.3, 0.4) is 0 Å². The van der Waals surface area contributed by atoms with Gasteiger partial charge in [-0.05, 0) is 12.2 Å². The van der Waals surface area contributed by atoms with E-state index in [1.165, 1.54) is 25.7 Å². The smallest absolute Gasteiger partial charge is 0.299 e. The van der Waals surface area contributed by atoms with Crippen molar-refractivity contribution in [3.05, 3.63) is 0 Å². The SMILES string of the molecule is CCCCCCS.O.O=S(O)O. The van der Waals surface area contributed by atoms with E-state index in [2.05, 4.69) is 19.6 Å². The highest BCUT2D eigenvalue weighted by molar-refractivity contribution is 7.80. The van der Waals surface area contributed by atoms with E-state index in [9.17, 15) is 0 Å². The standard InChI is InChI=1S/C6H14S.H2O3S.H2O/c1-2-3-4-5-6-7;1-4(2)3;/h7H,2-6H2,1H3;(H2,1,2,3);1H2. The maximum Gasteiger partial charge on any atom is 0.299 e. The Labute approximate surface area is 81.6 Å². The molecule has 0 bridgehead atoms. The van der Waals surface area contributed by atoms with Crippen LogP contribution < -0.4 is 0 Å². The highest BCUT2D eigenvalue weighted by Crippen LogP contribution is 1.98. The fraction of sp³-hybridized carbons (Fsp3) is 1.00. The molecule has 0 saturated carbocycles. The molecule has 78 valence electrons. The van der Waals surface area contributed by atoms with Crippen LogP contribution in [0.15, 0.2) is 0 Å². The van der Waals surface area contributed by atoms with E-state index < -0.39 is 11.4 Å². The van der Waals surface area contributed by atoms with Crippen molar-refractivity contribution in [1.29, 1.82) is 0 Å². The first-order valence-corrected chi connectivity index (χ1v) is 5.25. The van der Waals surface area contributed by atoms with Crippen LogP contribution >= 0.6 is 12.6 Å². The van der Waals surface area contributed by atoms with E-state index in [0.717, 1.165) is 5.75 Å². The first-order valence-electron chi connectivity index (χ1n) is 3.56. The molecule has 0 aromatic heterocycles. The second-order valence-electron chi connectivity index (χ2n) is 2.01. The van der Waals surface area contributed by atoms with E-state index in [1.54, 1.807) is 0 Å². The Bertz CT molecular complexity index is 81.6. The molecule has 4 nitrogen and oxygen atoms in total. The lowest BCUT2D eigenvalue weighted by Crippen LogP contribution is -1.74. The van der Waals surface area contributed by atoms with Gasteiger partial charge in [0.2, 0.25) is 0 Å². The monoisotopic (exact) mass is 218 g/mol. The summed E-state index contributed by atoms with van der Waals surface area (Å²) in [6.45, 7) is 2.22. The van der Waals surface area contributed by atoms with Gasteiger partial charge >= 0.3 is 0 Å². The van der Waals surface area contributed by atoms with Gasteiger partial charge in [0.25, 0.3) is 11.4 Å². The van der Waals surface area contributed by atoms with Crippen molar-refractivity contribution < 1.29 is 18.8 Å². The Morgan fingerprint density at radius 2 is 1.67 bits per heavy atom. The predicted octanol–water partition coefficient (Wildman–Crippen LogP) is 1.35. The van der Waals surface area contributed by atoms with Crippen LogP contribution in [-0.2, 0) is 11.4 Å². The number of thiol groups is 1. The lowest BCUT2D eigenvalue weighted by Gasteiger charge is -1.90. The number of hydrogen-bond acceptors (Lipinski definition) is 2. The zero-order valence-electron chi connectivity index (χ0n) is 7.19. The molecule has 12 heavy (non-hydrogen) atoms. The third kappa shape index (κ3) is 47.6. The minimum absolute atomic E-state index is 0. The van der Waals surface area contributed by atoms with Crippen molar-refractivity contribution in [1.82, 2.24) is 0 Å². The van der Waals surface area contributed by atoms with Gasteiger partial charge in [0.15, 0.2) is 0 Å². The van der Waals surface area contributed by atoms with Gasteiger partial charge in [-0.3, -0.25) is 9.11 Å². The first-order chi connectivity index (χ1) is 5.15. The van der Waals surface area contributed by atoms with Gasteiger partial charge in [-0.15, -0.1) is 0 Å². The van der Waals surface area contributed by atoms with Crippen molar-refractivity contribution in [3.63, 3.8) is 0 Å². The summed E-state index contributed by atoms with van der Waals surface area (Å²) in [5.41, 5.74) is 0. The van der Waals surface area contributed by atoms with Crippen molar-refractivity contribution in [2.24, 2.45) is 0 Å². The molecule has 0 atom stereocenters. The molecule has 6 heteroatoms. The first kappa shape index (κ1) is 18.2. The molecule has 0 aromatic rings. The van der Waals surface area contributed by atoms with Crippen molar-refractivity contribution in [2.75, 3.05) is 5.75 Å². The van der Waals surface area contributed by atoms with Crippen LogP contribution in [0.25, 0.3) is 0 Å². The molecular formula is C6H18O4S2. The van der Waals surface area contributed by atoms with E-state index in [1.807, 2.05) is 0 Å². The average molecular weight is 218 g/mol. The maximum absolute atomic E-state index is 8.67. The second-order valence-corrected chi connectivity index (χ2v) is 2.92. The highest BCUT2D eigenvalue weighted by atomic mass is 32.2. The summed E-state index contributed by atoms with van der Waals surface area (Å²) < 4.78 is 22.8. The van der Waals surface area contributed by atoms with Crippen LogP contribution in [0.4, 0.5) is 0 Å². The average Bonchev–Trinajstić information content (AvgIpc) is 1.88. The lowest BCUT2D eigenvalue weighted by molar-refractivity contribution is 0.454. The van der Waals surface area contributed by atoms with E-state index in [0.29, 0.717) is 0 Å². The molecule has 0 aliphatic rings. The molecule has 0 rings (SSSR count). The second kappa shape index (κ2) is 17.5. The summed E-state index contributed by atoms with van der Waals surface area (Å²) in [5.74, 6) is 1.06. The van der Waals surface area contributed by atoms with Crippen LogP contribution in [-0.4, -0.2) is 24.5 Å². The van der Waals surface area contributed by atoms with Gasteiger partial charge in [-0.25, -0.2) is 0 Å². The predicted molar refractivity (Wildman–Crippen MR) is 55.0 cm³/mol. The Hall–Kier alpha value is 0.380. The largest absolute Gasteiger partial charge is 0.412 e. The Balaban J connectivity index is -0.000000142. The summed E-state index contributed by atoms with van der Waals surface area (Å²) in [7, 11) is 0. The summed E-state index contributed by atoms with van der Waals surface area (Å²) in [6.07, 6.45) is 5.35. The zero-order valence-corrected chi connectivity index (χ0v) is 8.90. The lowest BCUT2D eigenvalue weighted by atomic mass is 10.2. The zero-order chi connectivity index (χ0) is 9.11. The minimum atomic E-state index is -2.61. The number of hydrogen-bond donors (Lipinski definition) is 3. The summed E-state index contributed by atoms with van der Waals surface area (Å²) in [6, 6.07) is 0. The van der Waals surface area contributed by atoms with Crippen LogP contribution in [0, 0.1) is 0 Å². The molecule has 0 spiro atoms. The maximum atomic E-state index is 8.67. The van der Waals surface area contributed by atoms with Gasteiger partial charge in [0, 0.05) is 0 Å². The van der Waals surface area contributed by atoms with Gasteiger partial charge in [-0.1, -0.05) is 26.2 Å². The van der Waals surface area contributed by atoms with Crippen molar-refractivity contribution in [2.45, 2.75) is 32.6 Å². The molecule has 0 fully saturated rings. The summed E-state index contributed by atoms with van der Waals surface area (Å²) in [4.78, 5) is 0. The molecule has 0 saturated heterocycles. The Kier molecular flexibility index (Phi) is 26.5. The molecule has 0 heterocycles. The fourth-order valence-corrected chi connectivity index (χ4v) is 0.762. The topological polar surface area (TPSA) is 89.0 Å². The van der Waals surface area contributed by atoms with Gasteiger partial charge < -0.3 is 5.48 Å². The fourth-order valence-electron chi connectivity index (χ4n) is 0.539. The van der Waals surface area contributed by atoms with E-state index in [-0.39, 0.29) is 5.48 Å². The summed E-state index contributed by atoms with van der Waals surface area (Å²) in [5, 5.41) is 0. The number of unbranched alkanes of at least 4 members (excludes halogenated alkanes) is 3. The Morgan fingerprint density at radius 1 is 1.25 bits per heavy atom. The molecule has 0 aromatic carbocycles. The number of rotatable bonds is 4. The molecular weight excluding hydrogens is 200 g/mol. The third-order valence-electron chi connectivity index (χ3n) is 1.01. The van der Waals surface area contributed by atoms with Crippen LogP contribution in [0.5, 0.6) is 0 Å². The normalized spacial score (nSPS) is 8.42. The molecule has 0 aliphatic carbocycles. The van der Waals surface area contributed by atoms with Gasteiger partial charge in [0.05, 0.1) is 0 Å². The Morgan fingerprint density at radius 3 is 1.92 bits per heavy atom. The molecule has 0 amide bonds. The molecule has 0 aliphatic heterocycles. The highest BCUT2D eigenvalue weighted by Gasteiger charge is 1.80. The van der Waals surface area contributed by atoms with Gasteiger partial charge in [-0.2, -0.15) is 16.8 Å². The van der Waals surface area contributed by atoms with E-state index >= 15 is 0 Å². The molecule has 0 unspecified atom stereocenters. The van der Waals surface area contributed by atoms with Crippen molar-refractivity contribution >= 4 is 24.0 Å². The van der Waals surface area contributed by atoms with E-state index in [4.69, 9.17) is 13.3 Å². The molecule has 4 N–H and O–H groups in total. The third-order valence-corrected chi connectivity index (χ3v) is 1.33. The van der Waals surface area contributed by atoms with Crippen molar-refractivity contribution in [3.8, 4) is 0 Å². The summed E-state index contributed by atoms with van der Waals surface area (Å²) >= 11 is 1.48.